The van der Waals surface area contributed by atoms with Gasteiger partial charge < -0.3 is 9.88 Å². The van der Waals surface area contributed by atoms with E-state index in [0.29, 0.717) is 19.5 Å². The molecule has 0 spiro atoms. The molecule has 4 nitrogen and oxygen atoms in total. The van der Waals surface area contributed by atoms with Gasteiger partial charge in [-0.05, 0) is 32.4 Å². The summed E-state index contributed by atoms with van der Waals surface area (Å²) in [6, 6.07) is 0.0423. The third-order valence-corrected chi connectivity index (χ3v) is 3.63. The third kappa shape index (κ3) is 5.13. The Kier molecular flexibility index (Phi) is 5.42. The lowest BCUT2D eigenvalue weighted by Gasteiger charge is -2.35. The molecule has 7 heteroatoms. The van der Waals surface area contributed by atoms with Crippen molar-refractivity contribution in [3.8, 4) is 0 Å². The van der Waals surface area contributed by atoms with Gasteiger partial charge in [0.1, 0.15) is 0 Å². The highest BCUT2D eigenvalue weighted by atomic mass is 19.4. The topological polar surface area (TPSA) is 33.1 Å². The second-order valence-electron chi connectivity index (χ2n) is 5.22. The lowest BCUT2D eigenvalue weighted by molar-refractivity contribution is -0.152. The summed E-state index contributed by atoms with van der Waals surface area (Å²) in [7, 11) is 0. The number of rotatable bonds is 6. The summed E-state index contributed by atoms with van der Waals surface area (Å²) in [5.74, 6) is 0. The number of alkyl halides is 3. The average Bonchev–Trinajstić information content (AvgIpc) is 2.90. The molecule has 20 heavy (non-hydrogen) atoms. The molecule has 1 saturated heterocycles. The van der Waals surface area contributed by atoms with Crippen LogP contribution in [0.5, 0.6) is 0 Å². The Balaban J connectivity index is 1.84. The van der Waals surface area contributed by atoms with Gasteiger partial charge in [0.2, 0.25) is 0 Å². The van der Waals surface area contributed by atoms with Gasteiger partial charge in [-0.25, -0.2) is 4.98 Å². The standard InChI is InChI=1S/C13H21F3N4/c14-13(15,16)10-20(12-2-4-17-5-3-12)8-1-7-19-9-6-18-11-19/h6,9,11-12,17H,1-5,7-8,10H2. The van der Waals surface area contributed by atoms with Gasteiger partial charge in [-0.1, -0.05) is 0 Å². The van der Waals surface area contributed by atoms with Gasteiger partial charge in [-0.15, -0.1) is 0 Å². The zero-order valence-electron chi connectivity index (χ0n) is 11.4. The van der Waals surface area contributed by atoms with Crippen molar-refractivity contribution in [1.29, 1.82) is 0 Å². The highest BCUT2D eigenvalue weighted by Gasteiger charge is 2.33. The molecule has 1 aromatic heterocycles. The van der Waals surface area contributed by atoms with Gasteiger partial charge in [0, 0.05) is 31.5 Å². The Morgan fingerprint density at radius 2 is 2.05 bits per heavy atom. The molecule has 114 valence electrons. The van der Waals surface area contributed by atoms with Crippen LogP contribution in [0, 0.1) is 0 Å². The van der Waals surface area contributed by atoms with Gasteiger partial charge in [-0.3, -0.25) is 4.90 Å². The zero-order valence-corrected chi connectivity index (χ0v) is 11.4. The monoisotopic (exact) mass is 290 g/mol. The number of aryl methyl sites for hydroxylation is 1. The number of imidazole rings is 1. The lowest BCUT2D eigenvalue weighted by Crippen LogP contribution is -2.47. The van der Waals surface area contributed by atoms with E-state index >= 15 is 0 Å². The SMILES string of the molecule is FC(F)(F)CN(CCCn1ccnc1)C1CCNCC1. The molecular formula is C13H21F3N4. The van der Waals surface area contributed by atoms with E-state index in [4.69, 9.17) is 0 Å². The van der Waals surface area contributed by atoms with Crippen LogP contribution >= 0.6 is 0 Å². The lowest BCUT2D eigenvalue weighted by atomic mass is 10.0. The zero-order chi connectivity index (χ0) is 14.4. The average molecular weight is 290 g/mol. The number of aromatic nitrogens is 2. The van der Waals surface area contributed by atoms with E-state index in [1.165, 1.54) is 0 Å². The van der Waals surface area contributed by atoms with E-state index in [-0.39, 0.29) is 6.04 Å². The molecule has 0 aromatic carbocycles. The Hall–Kier alpha value is -1.08. The van der Waals surface area contributed by atoms with Gasteiger partial charge in [0.15, 0.2) is 0 Å². The van der Waals surface area contributed by atoms with Crippen molar-refractivity contribution < 1.29 is 13.2 Å². The van der Waals surface area contributed by atoms with Crippen molar-refractivity contribution in [1.82, 2.24) is 19.8 Å². The number of nitrogens with zero attached hydrogens (tertiary/aromatic N) is 3. The summed E-state index contributed by atoms with van der Waals surface area (Å²) in [5.41, 5.74) is 0. The normalized spacial score (nSPS) is 17.8. The Labute approximate surface area is 117 Å². The summed E-state index contributed by atoms with van der Waals surface area (Å²) in [6.45, 7) is 1.99. The van der Waals surface area contributed by atoms with Crippen molar-refractivity contribution in [2.75, 3.05) is 26.2 Å². The maximum atomic E-state index is 12.7. The molecule has 1 N–H and O–H groups in total. The largest absolute Gasteiger partial charge is 0.401 e. The van der Waals surface area contributed by atoms with Crippen LogP contribution in [-0.4, -0.2) is 52.8 Å². The van der Waals surface area contributed by atoms with Gasteiger partial charge in [0.05, 0.1) is 12.9 Å². The van der Waals surface area contributed by atoms with Crippen LogP contribution in [0.25, 0.3) is 0 Å². The number of hydrogen-bond donors (Lipinski definition) is 1. The highest BCUT2D eigenvalue weighted by Crippen LogP contribution is 2.21. The van der Waals surface area contributed by atoms with Gasteiger partial charge in [-0.2, -0.15) is 13.2 Å². The third-order valence-electron chi connectivity index (χ3n) is 3.63. The maximum Gasteiger partial charge on any atom is 0.401 e. The van der Waals surface area contributed by atoms with Crippen LogP contribution in [0.3, 0.4) is 0 Å². The molecule has 0 bridgehead atoms. The molecule has 2 heterocycles. The van der Waals surface area contributed by atoms with E-state index in [2.05, 4.69) is 10.3 Å². The summed E-state index contributed by atoms with van der Waals surface area (Å²) in [6.07, 6.45) is 3.37. The van der Waals surface area contributed by atoms with Crippen LogP contribution < -0.4 is 5.32 Å². The number of nitrogens with one attached hydrogen (secondary N) is 1. The molecule has 0 saturated carbocycles. The first-order valence-corrected chi connectivity index (χ1v) is 7.02. The molecule has 0 amide bonds. The van der Waals surface area contributed by atoms with E-state index in [1.807, 2.05) is 10.8 Å². The van der Waals surface area contributed by atoms with Crippen LogP contribution in [0.2, 0.25) is 0 Å². The first kappa shape index (κ1) is 15.3. The minimum absolute atomic E-state index is 0.0423. The van der Waals surface area contributed by atoms with Crippen LogP contribution in [-0.2, 0) is 6.54 Å². The fourth-order valence-electron chi connectivity index (χ4n) is 2.67. The molecule has 0 radical (unpaired) electrons. The molecule has 1 aromatic rings. The molecule has 0 unspecified atom stereocenters. The van der Waals surface area contributed by atoms with Crippen molar-refractivity contribution in [3.63, 3.8) is 0 Å². The highest BCUT2D eigenvalue weighted by molar-refractivity contribution is 4.80. The number of hydrogen-bond acceptors (Lipinski definition) is 3. The van der Waals surface area contributed by atoms with Gasteiger partial charge in [0.25, 0.3) is 0 Å². The Bertz CT molecular complexity index is 371. The number of halogens is 3. The van der Waals surface area contributed by atoms with Crippen molar-refractivity contribution in [3.05, 3.63) is 18.7 Å². The van der Waals surface area contributed by atoms with E-state index in [0.717, 1.165) is 25.9 Å². The van der Waals surface area contributed by atoms with Crippen LogP contribution in [0.1, 0.15) is 19.3 Å². The van der Waals surface area contributed by atoms with Crippen molar-refractivity contribution in [2.45, 2.75) is 38.0 Å². The fraction of sp³-hybridized carbons (Fsp3) is 0.769. The fourth-order valence-corrected chi connectivity index (χ4v) is 2.67. The quantitative estimate of drug-likeness (QED) is 0.868. The van der Waals surface area contributed by atoms with E-state index in [1.54, 1.807) is 17.4 Å². The van der Waals surface area contributed by atoms with Crippen LogP contribution in [0.15, 0.2) is 18.7 Å². The molecule has 1 aliphatic heterocycles. The first-order chi connectivity index (χ1) is 9.54. The second kappa shape index (κ2) is 7.08. The summed E-state index contributed by atoms with van der Waals surface area (Å²) in [5, 5.41) is 3.19. The van der Waals surface area contributed by atoms with Crippen molar-refractivity contribution in [2.24, 2.45) is 0 Å². The van der Waals surface area contributed by atoms with E-state index in [9.17, 15) is 13.2 Å². The second-order valence-corrected chi connectivity index (χ2v) is 5.22. The van der Waals surface area contributed by atoms with E-state index < -0.39 is 12.7 Å². The molecule has 1 fully saturated rings. The van der Waals surface area contributed by atoms with Crippen molar-refractivity contribution >= 4 is 0 Å². The minimum Gasteiger partial charge on any atom is -0.337 e. The minimum atomic E-state index is -4.13. The molecule has 2 rings (SSSR count). The first-order valence-electron chi connectivity index (χ1n) is 7.02. The predicted octanol–water partition coefficient (Wildman–Crippen LogP) is 1.89. The predicted molar refractivity (Wildman–Crippen MR) is 70.4 cm³/mol. The Morgan fingerprint density at radius 3 is 2.65 bits per heavy atom. The number of piperidine rings is 1. The summed E-state index contributed by atoms with van der Waals surface area (Å²) < 4.78 is 40.0. The smallest absolute Gasteiger partial charge is 0.337 e. The molecule has 0 atom stereocenters. The summed E-state index contributed by atoms with van der Waals surface area (Å²) >= 11 is 0. The summed E-state index contributed by atoms with van der Waals surface area (Å²) in [4.78, 5) is 5.53. The maximum absolute atomic E-state index is 12.7. The molecule has 1 aliphatic rings. The molecular weight excluding hydrogens is 269 g/mol. The Morgan fingerprint density at radius 1 is 1.30 bits per heavy atom. The van der Waals surface area contributed by atoms with Crippen LogP contribution in [0.4, 0.5) is 13.2 Å². The van der Waals surface area contributed by atoms with Gasteiger partial charge >= 0.3 is 6.18 Å². The molecule has 0 aliphatic carbocycles.